The molecule has 0 aromatic heterocycles. The van der Waals surface area contributed by atoms with Crippen LogP contribution in [0.25, 0.3) is 0 Å². The Morgan fingerprint density at radius 1 is 1.41 bits per heavy atom. The van der Waals surface area contributed by atoms with Crippen LogP contribution in [0.2, 0.25) is 0 Å². The van der Waals surface area contributed by atoms with Crippen molar-refractivity contribution in [2.75, 3.05) is 11.9 Å². The largest absolute Gasteiger partial charge is 0.384 e. The maximum atomic E-state index is 13.0. The molecule has 1 N–H and O–H groups in total. The highest BCUT2D eigenvalue weighted by Crippen LogP contribution is 2.38. The number of nitrogens with one attached hydrogen (secondary N) is 1. The fourth-order valence-corrected chi connectivity index (χ4v) is 2.77. The summed E-state index contributed by atoms with van der Waals surface area (Å²) in [4.78, 5) is 0. The normalized spacial score (nSPS) is 22.7. The Balaban J connectivity index is 1.90. The Morgan fingerprint density at radius 2 is 2.18 bits per heavy atom. The Hall–Kier alpha value is -0.460. The van der Waals surface area contributed by atoms with Crippen molar-refractivity contribution >= 4 is 28.3 Å². The summed E-state index contributed by atoms with van der Waals surface area (Å²) in [5, 5.41) is 3.11. The molecule has 17 heavy (non-hydrogen) atoms. The number of anilines is 1. The van der Waals surface area contributed by atoms with E-state index in [1.165, 1.54) is 12.1 Å². The van der Waals surface area contributed by atoms with Crippen molar-refractivity contribution in [2.24, 2.45) is 5.92 Å². The molecule has 0 aliphatic heterocycles. The lowest BCUT2D eigenvalue weighted by atomic mass is 10.1. The molecular formula is C12H13F3IN. The summed E-state index contributed by atoms with van der Waals surface area (Å²) >= 11 is 2.03. The number of halogens is 4. The van der Waals surface area contributed by atoms with Crippen LogP contribution in [-0.2, 0) is 0 Å². The highest BCUT2D eigenvalue weighted by atomic mass is 127. The standard InChI is InChI=1S/C12H13F3IN/c13-9-1-2-11(10(16)5-9)17-7-8-3-4-12(14,15)6-8/h1-2,5,8,17H,3-4,6-7H2. The summed E-state index contributed by atoms with van der Waals surface area (Å²) in [6.07, 6.45) is 0.495. The summed E-state index contributed by atoms with van der Waals surface area (Å²) < 4.78 is 39.6. The van der Waals surface area contributed by atoms with Crippen LogP contribution in [0.5, 0.6) is 0 Å². The SMILES string of the molecule is Fc1ccc(NCC2CCC(F)(F)C2)c(I)c1. The van der Waals surface area contributed by atoms with Gasteiger partial charge in [-0.3, -0.25) is 0 Å². The Labute approximate surface area is 112 Å². The first-order valence-corrected chi connectivity index (χ1v) is 6.61. The molecule has 5 heteroatoms. The molecule has 1 aliphatic carbocycles. The van der Waals surface area contributed by atoms with Crippen LogP contribution >= 0.6 is 22.6 Å². The van der Waals surface area contributed by atoms with Crippen LogP contribution < -0.4 is 5.32 Å². The minimum atomic E-state index is -2.50. The molecule has 0 saturated heterocycles. The lowest BCUT2D eigenvalue weighted by Gasteiger charge is -2.13. The quantitative estimate of drug-likeness (QED) is 0.799. The highest BCUT2D eigenvalue weighted by Gasteiger charge is 2.39. The first kappa shape index (κ1) is 13.0. The van der Waals surface area contributed by atoms with Crippen LogP contribution in [-0.4, -0.2) is 12.5 Å². The highest BCUT2D eigenvalue weighted by molar-refractivity contribution is 14.1. The molecule has 0 bridgehead atoms. The van der Waals surface area contributed by atoms with Gasteiger partial charge >= 0.3 is 0 Å². The zero-order valence-corrected chi connectivity index (χ0v) is 11.3. The first-order valence-electron chi connectivity index (χ1n) is 5.53. The lowest BCUT2D eigenvalue weighted by molar-refractivity contribution is 0.00556. The number of hydrogen-bond donors (Lipinski definition) is 1. The second-order valence-corrected chi connectivity index (χ2v) is 5.63. The van der Waals surface area contributed by atoms with E-state index in [9.17, 15) is 13.2 Å². The minimum absolute atomic E-state index is 0.00542. The number of rotatable bonds is 3. The minimum Gasteiger partial charge on any atom is -0.384 e. The summed E-state index contributed by atoms with van der Waals surface area (Å²) in [5.74, 6) is -2.78. The van der Waals surface area contributed by atoms with E-state index in [2.05, 4.69) is 5.32 Å². The number of alkyl halides is 2. The van der Waals surface area contributed by atoms with Crippen molar-refractivity contribution in [1.29, 1.82) is 0 Å². The van der Waals surface area contributed by atoms with Crippen LogP contribution in [0.3, 0.4) is 0 Å². The molecule has 0 spiro atoms. The summed E-state index contributed by atoms with van der Waals surface area (Å²) in [7, 11) is 0. The summed E-state index contributed by atoms with van der Waals surface area (Å²) in [6.45, 7) is 0.525. The maximum absolute atomic E-state index is 13.0. The fraction of sp³-hybridized carbons (Fsp3) is 0.500. The van der Waals surface area contributed by atoms with E-state index in [4.69, 9.17) is 0 Å². The van der Waals surface area contributed by atoms with E-state index >= 15 is 0 Å². The third-order valence-corrected chi connectivity index (χ3v) is 3.91. The van der Waals surface area contributed by atoms with Crippen LogP contribution in [0.1, 0.15) is 19.3 Å². The van der Waals surface area contributed by atoms with Gasteiger partial charge in [-0.05, 0) is 53.1 Å². The molecule has 1 atom stereocenters. The molecular weight excluding hydrogens is 342 g/mol. The molecule has 1 aliphatic rings. The Morgan fingerprint density at radius 3 is 2.76 bits per heavy atom. The molecule has 2 rings (SSSR count). The van der Waals surface area contributed by atoms with Gasteiger partial charge in [-0.1, -0.05) is 0 Å². The van der Waals surface area contributed by atoms with Crippen molar-refractivity contribution in [2.45, 2.75) is 25.2 Å². The number of hydrogen-bond acceptors (Lipinski definition) is 1. The van der Waals surface area contributed by atoms with Gasteiger partial charge < -0.3 is 5.32 Å². The first-order chi connectivity index (χ1) is 7.96. The average molecular weight is 355 g/mol. The van der Waals surface area contributed by atoms with Gasteiger partial charge in [0.05, 0.1) is 0 Å². The molecule has 1 aromatic carbocycles. The van der Waals surface area contributed by atoms with Crippen LogP contribution in [0.15, 0.2) is 18.2 Å². The molecule has 1 unspecified atom stereocenters. The van der Waals surface area contributed by atoms with Crippen molar-refractivity contribution < 1.29 is 13.2 Å². The predicted octanol–water partition coefficient (Wildman–Crippen LogP) is 4.28. The van der Waals surface area contributed by atoms with E-state index in [0.717, 1.165) is 9.26 Å². The van der Waals surface area contributed by atoms with Gasteiger partial charge in [0.2, 0.25) is 5.92 Å². The van der Waals surface area contributed by atoms with E-state index in [0.29, 0.717) is 13.0 Å². The van der Waals surface area contributed by atoms with Crippen molar-refractivity contribution in [1.82, 2.24) is 0 Å². The van der Waals surface area contributed by atoms with Crippen molar-refractivity contribution in [3.63, 3.8) is 0 Å². The molecule has 1 nitrogen and oxygen atoms in total. The molecule has 0 amide bonds. The molecule has 1 aromatic rings. The van der Waals surface area contributed by atoms with Gasteiger partial charge in [0.15, 0.2) is 0 Å². The van der Waals surface area contributed by atoms with E-state index in [-0.39, 0.29) is 24.6 Å². The van der Waals surface area contributed by atoms with Gasteiger partial charge in [-0.15, -0.1) is 0 Å². The van der Waals surface area contributed by atoms with E-state index < -0.39 is 5.92 Å². The molecule has 1 fully saturated rings. The lowest BCUT2D eigenvalue weighted by Crippen LogP contribution is -2.15. The zero-order chi connectivity index (χ0) is 12.5. The van der Waals surface area contributed by atoms with Gasteiger partial charge in [0.1, 0.15) is 5.82 Å². The van der Waals surface area contributed by atoms with Crippen molar-refractivity contribution in [3.05, 3.63) is 27.6 Å². The predicted molar refractivity (Wildman–Crippen MR) is 69.9 cm³/mol. The Bertz CT molecular complexity index is 409. The second-order valence-electron chi connectivity index (χ2n) is 4.47. The van der Waals surface area contributed by atoms with Gasteiger partial charge in [-0.2, -0.15) is 0 Å². The van der Waals surface area contributed by atoms with Gasteiger partial charge in [0, 0.05) is 28.6 Å². The van der Waals surface area contributed by atoms with E-state index in [1.54, 1.807) is 6.07 Å². The molecule has 0 radical (unpaired) electrons. The van der Waals surface area contributed by atoms with Crippen molar-refractivity contribution in [3.8, 4) is 0 Å². The van der Waals surface area contributed by atoms with Crippen LogP contribution in [0.4, 0.5) is 18.9 Å². The summed E-state index contributed by atoms with van der Waals surface area (Å²) in [6, 6.07) is 4.43. The summed E-state index contributed by atoms with van der Waals surface area (Å²) in [5.41, 5.74) is 0.808. The fourth-order valence-electron chi connectivity index (χ4n) is 2.10. The van der Waals surface area contributed by atoms with Gasteiger partial charge in [0.25, 0.3) is 0 Å². The third kappa shape index (κ3) is 3.50. The Kier molecular flexibility index (Phi) is 3.85. The third-order valence-electron chi connectivity index (χ3n) is 3.02. The average Bonchev–Trinajstić information content (AvgIpc) is 2.57. The molecule has 94 valence electrons. The molecule has 0 heterocycles. The zero-order valence-electron chi connectivity index (χ0n) is 9.15. The van der Waals surface area contributed by atoms with E-state index in [1.807, 2.05) is 22.6 Å². The smallest absolute Gasteiger partial charge is 0.248 e. The second kappa shape index (κ2) is 5.04. The van der Waals surface area contributed by atoms with Gasteiger partial charge in [-0.25, -0.2) is 13.2 Å². The van der Waals surface area contributed by atoms with Crippen LogP contribution in [0, 0.1) is 15.3 Å². The molecule has 1 saturated carbocycles. The topological polar surface area (TPSA) is 12.0 Å². The monoisotopic (exact) mass is 355 g/mol. The maximum Gasteiger partial charge on any atom is 0.248 e. The number of benzene rings is 1.